The van der Waals surface area contributed by atoms with E-state index in [1.807, 2.05) is 0 Å². The van der Waals surface area contributed by atoms with Gasteiger partial charge in [0, 0.05) is 31.6 Å². The molecule has 0 bridgehead atoms. The summed E-state index contributed by atoms with van der Waals surface area (Å²) in [5, 5.41) is 2.85. The molecular formula is C13H14Cl2N2O2. The molecule has 1 aliphatic rings. The van der Waals surface area contributed by atoms with Gasteiger partial charge in [0.05, 0.1) is 10.6 Å². The summed E-state index contributed by atoms with van der Waals surface area (Å²) in [4.78, 5) is 25.1. The van der Waals surface area contributed by atoms with Crippen LogP contribution >= 0.6 is 23.2 Å². The van der Waals surface area contributed by atoms with Gasteiger partial charge in [-0.05, 0) is 24.1 Å². The van der Waals surface area contributed by atoms with Gasteiger partial charge in [-0.15, -0.1) is 11.6 Å². The van der Waals surface area contributed by atoms with Crippen LogP contribution in [-0.4, -0.2) is 31.3 Å². The molecule has 2 rings (SSSR count). The van der Waals surface area contributed by atoms with Crippen LogP contribution in [0.3, 0.4) is 0 Å². The average Bonchev–Trinajstić information content (AvgIpc) is 2.79. The van der Waals surface area contributed by atoms with E-state index in [0.717, 1.165) is 0 Å². The fraction of sp³-hybridized carbons (Fsp3) is 0.385. The molecule has 4 nitrogen and oxygen atoms in total. The molecule has 19 heavy (non-hydrogen) atoms. The number of benzene rings is 1. The molecule has 1 unspecified atom stereocenters. The summed E-state index contributed by atoms with van der Waals surface area (Å²) in [6.45, 7) is 0.595. The highest BCUT2D eigenvalue weighted by Gasteiger charge is 2.30. The van der Waals surface area contributed by atoms with Crippen molar-refractivity contribution in [2.45, 2.75) is 6.42 Å². The zero-order valence-electron chi connectivity index (χ0n) is 10.5. The number of amides is 2. The minimum Gasteiger partial charge on any atom is -0.355 e. The molecule has 0 spiro atoms. The van der Waals surface area contributed by atoms with Gasteiger partial charge in [-0.2, -0.15) is 0 Å². The van der Waals surface area contributed by atoms with Crippen molar-refractivity contribution in [3.63, 3.8) is 0 Å². The third-order valence-electron chi connectivity index (χ3n) is 3.16. The van der Waals surface area contributed by atoms with E-state index in [0.29, 0.717) is 35.1 Å². The lowest BCUT2D eigenvalue weighted by molar-refractivity contribution is -0.117. The fourth-order valence-corrected chi connectivity index (χ4v) is 2.59. The number of alkyl halides is 1. The Balaban J connectivity index is 2.25. The molecule has 0 saturated carbocycles. The maximum absolute atomic E-state index is 11.9. The van der Waals surface area contributed by atoms with Gasteiger partial charge in [0.2, 0.25) is 5.91 Å². The van der Waals surface area contributed by atoms with Crippen LogP contribution in [0.25, 0.3) is 0 Å². The molecule has 2 amide bonds. The highest BCUT2D eigenvalue weighted by atomic mass is 35.5. The fourth-order valence-electron chi connectivity index (χ4n) is 2.13. The topological polar surface area (TPSA) is 49.4 Å². The molecule has 1 N–H and O–H groups in total. The van der Waals surface area contributed by atoms with Crippen molar-refractivity contribution in [3.05, 3.63) is 28.8 Å². The molecule has 1 aromatic rings. The van der Waals surface area contributed by atoms with Gasteiger partial charge in [-0.25, -0.2) is 0 Å². The first-order chi connectivity index (χ1) is 9.06. The van der Waals surface area contributed by atoms with Crippen LogP contribution in [0.2, 0.25) is 5.02 Å². The molecule has 1 atom stereocenters. The lowest BCUT2D eigenvalue weighted by Crippen LogP contribution is -2.25. The molecule has 1 heterocycles. The van der Waals surface area contributed by atoms with E-state index in [4.69, 9.17) is 23.2 Å². The van der Waals surface area contributed by atoms with Crippen LogP contribution in [0.15, 0.2) is 18.2 Å². The monoisotopic (exact) mass is 300 g/mol. The van der Waals surface area contributed by atoms with Gasteiger partial charge in [-0.1, -0.05) is 11.6 Å². The minimum absolute atomic E-state index is 0.0365. The van der Waals surface area contributed by atoms with E-state index in [1.54, 1.807) is 30.1 Å². The van der Waals surface area contributed by atoms with E-state index >= 15 is 0 Å². The number of carbonyl (C=O) groups excluding carboxylic acids is 2. The molecule has 0 aromatic heterocycles. The third kappa shape index (κ3) is 2.85. The highest BCUT2D eigenvalue weighted by Crippen LogP contribution is 2.29. The Morgan fingerprint density at radius 3 is 2.79 bits per heavy atom. The van der Waals surface area contributed by atoms with Crippen molar-refractivity contribution < 1.29 is 9.59 Å². The molecule has 1 aliphatic heterocycles. The van der Waals surface area contributed by atoms with Crippen molar-refractivity contribution in [2.75, 3.05) is 24.4 Å². The zero-order valence-corrected chi connectivity index (χ0v) is 12.0. The normalized spacial score (nSPS) is 18.8. The van der Waals surface area contributed by atoms with Crippen LogP contribution in [0, 0.1) is 5.92 Å². The lowest BCUT2D eigenvalue weighted by Gasteiger charge is -2.17. The Bertz CT molecular complexity index is 519. The van der Waals surface area contributed by atoms with Gasteiger partial charge in [0.15, 0.2) is 0 Å². The van der Waals surface area contributed by atoms with Gasteiger partial charge >= 0.3 is 0 Å². The first-order valence-electron chi connectivity index (χ1n) is 5.94. The second-order valence-corrected chi connectivity index (χ2v) is 5.19. The molecule has 1 saturated heterocycles. The second-order valence-electron chi connectivity index (χ2n) is 4.47. The smallest absolute Gasteiger partial charge is 0.252 e. The Hall–Kier alpha value is -1.26. The number of hydrogen-bond acceptors (Lipinski definition) is 2. The average molecular weight is 301 g/mol. The Morgan fingerprint density at radius 2 is 2.26 bits per heavy atom. The van der Waals surface area contributed by atoms with Gasteiger partial charge < -0.3 is 10.2 Å². The second kappa shape index (κ2) is 5.80. The number of anilines is 1. The van der Waals surface area contributed by atoms with E-state index in [9.17, 15) is 9.59 Å². The first kappa shape index (κ1) is 14.2. The summed E-state index contributed by atoms with van der Waals surface area (Å²) in [6.07, 6.45) is 0.457. The van der Waals surface area contributed by atoms with Crippen LogP contribution in [-0.2, 0) is 4.79 Å². The van der Waals surface area contributed by atoms with Crippen molar-refractivity contribution in [2.24, 2.45) is 5.92 Å². The summed E-state index contributed by atoms with van der Waals surface area (Å²) >= 11 is 11.9. The van der Waals surface area contributed by atoms with Gasteiger partial charge in [0.1, 0.15) is 0 Å². The van der Waals surface area contributed by atoms with Crippen molar-refractivity contribution in [1.29, 1.82) is 0 Å². The standard InChI is InChI=1S/C13H14Cl2N2O2/c1-16-13(19)10-3-2-9(5-11(10)15)17-7-8(6-14)4-12(17)18/h2-3,5,8H,4,6-7H2,1H3,(H,16,19). The lowest BCUT2D eigenvalue weighted by atomic mass is 10.1. The van der Waals surface area contributed by atoms with Crippen molar-refractivity contribution in [3.8, 4) is 0 Å². The van der Waals surface area contributed by atoms with E-state index in [2.05, 4.69) is 5.32 Å². The zero-order chi connectivity index (χ0) is 14.0. The molecule has 1 fully saturated rings. The van der Waals surface area contributed by atoms with Crippen LogP contribution in [0.5, 0.6) is 0 Å². The number of halogens is 2. The predicted molar refractivity (Wildman–Crippen MR) is 76.0 cm³/mol. The maximum Gasteiger partial charge on any atom is 0.252 e. The molecule has 1 aromatic carbocycles. The SMILES string of the molecule is CNC(=O)c1ccc(N2CC(CCl)CC2=O)cc1Cl. The van der Waals surface area contributed by atoms with Crippen LogP contribution < -0.4 is 10.2 Å². The largest absolute Gasteiger partial charge is 0.355 e. The summed E-state index contributed by atoms with van der Waals surface area (Å²) in [5.41, 5.74) is 1.10. The quantitative estimate of drug-likeness (QED) is 0.871. The Kier molecular flexibility index (Phi) is 4.32. The van der Waals surface area contributed by atoms with E-state index < -0.39 is 0 Å². The predicted octanol–water partition coefficient (Wildman–Crippen LogP) is 2.29. The van der Waals surface area contributed by atoms with Crippen LogP contribution in [0.1, 0.15) is 16.8 Å². The molecule has 0 radical (unpaired) electrons. The third-order valence-corrected chi connectivity index (χ3v) is 3.91. The number of rotatable bonds is 3. The summed E-state index contributed by atoms with van der Waals surface area (Å²) in [5.74, 6) is 0.427. The highest BCUT2D eigenvalue weighted by molar-refractivity contribution is 6.34. The number of hydrogen-bond donors (Lipinski definition) is 1. The van der Waals surface area contributed by atoms with Gasteiger partial charge in [0.25, 0.3) is 5.91 Å². The van der Waals surface area contributed by atoms with E-state index in [-0.39, 0.29) is 17.7 Å². The minimum atomic E-state index is -0.247. The Morgan fingerprint density at radius 1 is 1.53 bits per heavy atom. The van der Waals surface area contributed by atoms with E-state index in [1.165, 1.54) is 0 Å². The molecule has 102 valence electrons. The number of nitrogens with one attached hydrogen (secondary N) is 1. The summed E-state index contributed by atoms with van der Waals surface area (Å²) < 4.78 is 0. The van der Waals surface area contributed by atoms with Crippen molar-refractivity contribution >= 4 is 40.7 Å². The Labute approximate surface area is 121 Å². The summed E-state index contributed by atoms with van der Waals surface area (Å²) in [7, 11) is 1.54. The maximum atomic E-state index is 11.9. The molecular weight excluding hydrogens is 287 g/mol. The van der Waals surface area contributed by atoms with Crippen LogP contribution in [0.4, 0.5) is 5.69 Å². The van der Waals surface area contributed by atoms with Gasteiger partial charge in [-0.3, -0.25) is 9.59 Å². The van der Waals surface area contributed by atoms with Crippen molar-refractivity contribution in [1.82, 2.24) is 5.32 Å². The first-order valence-corrected chi connectivity index (χ1v) is 6.86. The number of nitrogens with zero attached hydrogens (tertiary/aromatic N) is 1. The number of carbonyl (C=O) groups is 2. The molecule has 0 aliphatic carbocycles. The molecule has 6 heteroatoms. The summed E-state index contributed by atoms with van der Waals surface area (Å²) in [6, 6.07) is 4.99.